The molecule has 10 nitrogen and oxygen atoms in total. The first-order valence-electron chi connectivity index (χ1n) is 6.27. The molecule has 0 bridgehead atoms. The number of nitrogens with two attached hydrogens (primary N) is 1. The summed E-state index contributed by atoms with van der Waals surface area (Å²) < 4.78 is 17.8. The smallest absolute Gasteiger partial charge is 0.209 e. The molecule has 24 heavy (non-hydrogen) atoms. The third-order valence-corrected chi connectivity index (χ3v) is 2.96. The highest BCUT2D eigenvalue weighted by Gasteiger charge is 2.18. The molecule has 0 atom stereocenters. The van der Waals surface area contributed by atoms with Gasteiger partial charge in [-0.15, -0.1) is 4.99 Å². The predicted octanol–water partition coefficient (Wildman–Crippen LogP) is 0.995. The van der Waals surface area contributed by atoms with Gasteiger partial charge in [0.25, 0.3) is 0 Å². The fraction of sp³-hybridized carbons (Fsp3) is 0.0833. The molecular formula is C12H10ClFN8O2. The van der Waals surface area contributed by atoms with Gasteiger partial charge in [0.05, 0.1) is 11.6 Å². The second-order valence-corrected chi connectivity index (χ2v) is 4.62. The van der Waals surface area contributed by atoms with E-state index in [0.717, 1.165) is 6.07 Å². The summed E-state index contributed by atoms with van der Waals surface area (Å²) in [5.74, 6) is -0.844. The zero-order chi connectivity index (χ0) is 17.5. The molecule has 2 aromatic rings. The van der Waals surface area contributed by atoms with Crippen LogP contribution in [0.4, 0.5) is 10.1 Å². The van der Waals surface area contributed by atoms with Crippen LogP contribution in [0.3, 0.4) is 0 Å². The van der Waals surface area contributed by atoms with Crippen LogP contribution >= 0.6 is 11.6 Å². The molecule has 1 aromatic carbocycles. The summed E-state index contributed by atoms with van der Waals surface area (Å²) >= 11 is 5.68. The number of aliphatic imine (C=N–C) groups is 1. The van der Waals surface area contributed by atoms with Crippen LogP contribution < -0.4 is 16.4 Å². The van der Waals surface area contributed by atoms with Crippen molar-refractivity contribution in [2.75, 3.05) is 5.32 Å². The van der Waals surface area contributed by atoms with E-state index in [1.54, 1.807) is 0 Å². The number of nitrogens with one attached hydrogen (secondary N) is 2. The van der Waals surface area contributed by atoms with E-state index in [2.05, 4.69) is 35.7 Å². The Balaban J connectivity index is 2.17. The summed E-state index contributed by atoms with van der Waals surface area (Å²) in [4.78, 5) is 3.27. The van der Waals surface area contributed by atoms with E-state index in [0.29, 0.717) is 5.69 Å². The second-order valence-electron chi connectivity index (χ2n) is 4.21. The van der Waals surface area contributed by atoms with Crippen LogP contribution in [-0.4, -0.2) is 27.3 Å². The number of benzene rings is 1. The van der Waals surface area contributed by atoms with Crippen LogP contribution in [0.15, 0.2) is 33.0 Å². The van der Waals surface area contributed by atoms with Crippen LogP contribution in [0.2, 0.25) is 5.02 Å². The molecule has 124 valence electrons. The first kappa shape index (κ1) is 17.0. The molecule has 0 aliphatic heterocycles. The van der Waals surface area contributed by atoms with E-state index in [1.165, 1.54) is 18.3 Å². The Bertz CT molecular complexity index is 829. The number of guanidine groups is 1. The Labute approximate surface area is 139 Å². The lowest BCUT2D eigenvalue weighted by atomic mass is 10.2. The quantitative estimate of drug-likeness (QED) is 0.208. The van der Waals surface area contributed by atoms with Crippen molar-refractivity contribution >= 4 is 29.1 Å². The third-order valence-electron chi connectivity index (χ3n) is 2.67. The fourth-order valence-corrected chi connectivity index (χ4v) is 1.79. The number of nitrogens with zero attached hydrogens (tertiary/aromatic N) is 5. The van der Waals surface area contributed by atoms with Crippen molar-refractivity contribution in [1.29, 1.82) is 5.26 Å². The van der Waals surface area contributed by atoms with Crippen molar-refractivity contribution in [2.24, 2.45) is 15.9 Å². The molecule has 0 aliphatic carbocycles. The molecule has 0 radical (unpaired) electrons. The van der Waals surface area contributed by atoms with Gasteiger partial charge in [-0.2, -0.15) is 5.26 Å². The van der Waals surface area contributed by atoms with Crippen molar-refractivity contribution in [3.05, 3.63) is 40.4 Å². The van der Waals surface area contributed by atoms with Crippen LogP contribution in [0, 0.1) is 17.3 Å². The lowest BCUT2D eigenvalue weighted by Crippen LogP contribution is -2.31. The Hall–Kier alpha value is -3.39. The summed E-state index contributed by atoms with van der Waals surface area (Å²) in [6, 6.07) is 3.82. The van der Waals surface area contributed by atoms with Crippen LogP contribution in [0.5, 0.6) is 0 Å². The highest BCUT2D eigenvalue weighted by Crippen LogP contribution is 2.20. The normalized spacial score (nSPS) is 11.9. The van der Waals surface area contributed by atoms with Crippen molar-refractivity contribution in [3.63, 3.8) is 0 Å². The summed E-state index contributed by atoms with van der Waals surface area (Å²) in [7, 11) is 0. The number of hydrogen-bond donors (Lipinski definition) is 4. The van der Waals surface area contributed by atoms with E-state index >= 15 is 0 Å². The molecule has 0 spiro atoms. The van der Waals surface area contributed by atoms with Crippen molar-refractivity contribution in [1.82, 2.24) is 15.6 Å². The van der Waals surface area contributed by atoms with Crippen molar-refractivity contribution < 1.29 is 14.2 Å². The molecule has 0 saturated carbocycles. The Morgan fingerprint density at radius 1 is 1.50 bits per heavy atom. The molecule has 1 heterocycles. The highest BCUT2D eigenvalue weighted by molar-refractivity contribution is 6.31. The monoisotopic (exact) mass is 352 g/mol. The lowest BCUT2D eigenvalue weighted by Gasteiger charge is -2.08. The number of hydrogen-bond acceptors (Lipinski definition) is 7. The molecule has 5 N–H and O–H groups in total. The van der Waals surface area contributed by atoms with Gasteiger partial charge >= 0.3 is 0 Å². The molecule has 0 unspecified atom stereocenters. The number of nitriles is 1. The van der Waals surface area contributed by atoms with Gasteiger partial charge < -0.3 is 21.6 Å². The predicted molar refractivity (Wildman–Crippen MR) is 81.7 cm³/mol. The van der Waals surface area contributed by atoms with Crippen molar-refractivity contribution in [2.45, 2.75) is 6.54 Å². The Kier molecular flexibility index (Phi) is 5.48. The largest absolute Gasteiger partial charge is 0.409 e. The maximum Gasteiger partial charge on any atom is 0.209 e. The number of halogens is 2. The second kappa shape index (κ2) is 7.75. The zero-order valence-electron chi connectivity index (χ0n) is 11.9. The summed E-state index contributed by atoms with van der Waals surface area (Å²) in [5, 5.41) is 33.0. The van der Waals surface area contributed by atoms with Gasteiger partial charge in [-0.25, -0.2) is 9.02 Å². The standard InChI is InChI=1S/C12H10ClFN8O2/c13-7-3-6(1-2-8(7)14)19-11(20-23)10-9(21-24-22-10)4-17-12(16)18-5-15/h1-3,23H,4H2,(H,19,20)(H3,16,17,18). The van der Waals surface area contributed by atoms with Crippen molar-refractivity contribution in [3.8, 4) is 6.19 Å². The molecule has 0 aliphatic rings. The zero-order valence-corrected chi connectivity index (χ0v) is 12.6. The third kappa shape index (κ3) is 4.08. The topological polar surface area (TPSA) is 158 Å². The number of amidine groups is 1. The average molecular weight is 353 g/mol. The minimum atomic E-state index is -0.593. The first-order valence-corrected chi connectivity index (χ1v) is 6.65. The van der Waals surface area contributed by atoms with Crippen LogP contribution in [-0.2, 0) is 6.54 Å². The minimum Gasteiger partial charge on any atom is -0.409 e. The molecule has 0 saturated heterocycles. The SMILES string of the molecule is N#CN=C(N)NCc1nonc1C(=NO)Nc1ccc(F)c(Cl)c1. The van der Waals surface area contributed by atoms with Crippen LogP contribution in [0.1, 0.15) is 11.4 Å². The van der Waals surface area contributed by atoms with Gasteiger partial charge in [-0.05, 0) is 23.4 Å². The number of anilines is 1. The number of rotatable bonds is 4. The van der Waals surface area contributed by atoms with E-state index in [9.17, 15) is 4.39 Å². The van der Waals surface area contributed by atoms with E-state index in [1.807, 2.05) is 0 Å². The average Bonchev–Trinajstić information content (AvgIpc) is 3.02. The summed E-state index contributed by atoms with van der Waals surface area (Å²) in [6.45, 7) is 0.000715. The highest BCUT2D eigenvalue weighted by atomic mass is 35.5. The molecule has 0 fully saturated rings. The maximum absolute atomic E-state index is 13.2. The van der Waals surface area contributed by atoms with Gasteiger partial charge in [0.1, 0.15) is 11.5 Å². The molecule has 1 aromatic heterocycles. The molecular weight excluding hydrogens is 343 g/mol. The van der Waals surface area contributed by atoms with E-state index in [-0.39, 0.29) is 34.8 Å². The number of oxime groups is 1. The molecule has 2 rings (SSSR count). The fourth-order valence-electron chi connectivity index (χ4n) is 1.61. The van der Waals surface area contributed by atoms with Gasteiger partial charge in [-0.1, -0.05) is 21.9 Å². The van der Waals surface area contributed by atoms with Gasteiger partial charge in [0, 0.05) is 5.69 Å². The van der Waals surface area contributed by atoms with Crippen LogP contribution in [0.25, 0.3) is 0 Å². The summed E-state index contributed by atoms with van der Waals surface area (Å²) in [6.07, 6.45) is 1.51. The lowest BCUT2D eigenvalue weighted by molar-refractivity contribution is 0.300. The molecule has 12 heteroatoms. The van der Waals surface area contributed by atoms with Gasteiger partial charge in [-0.3, -0.25) is 0 Å². The molecule has 0 amide bonds. The van der Waals surface area contributed by atoms with E-state index in [4.69, 9.17) is 27.8 Å². The maximum atomic E-state index is 13.2. The minimum absolute atomic E-state index is 0.000715. The number of aromatic nitrogens is 2. The van der Waals surface area contributed by atoms with E-state index < -0.39 is 5.82 Å². The Morgan fingerprint density at radius 3 is 2.96 bits per heavy atom. The summed E-state index contributed by atoms with van der Waals surface area (Å²) in [5.41, 5.74) is 6.04. The van der Waals surface area contributed by atoms with Gasteiger partial charge in [0.15, 0.2) is 5.69 Å². The first-order chi connectivity index (χ1) is 11.5. The van der Waals surface area contributed by atoms with Gasteiger partial charge in [0.2, 0.25) is 18.0 Å². The Morgan fingerprint density at radius 2 is 2.29 bits per heavy atom.